The molecule has 0 atom stereocenters. The Morgan fingerprint density at radius 1 is 0.909 bits per heavy atom. The molecule has 0 saturated carbocycles. The van der Waals surface area contributed by atoms with Crippen molar-refractivity contribution in [1.82, 2.24) is 4.98 Å². The van der Waals surface area contributed by atoms with E-state index in [1.807, 2.05) is 30.3 Å². The fourth-order valence-corrected chi connectivity index (χ4v) is 3.60. The molecule has 0 bridgehead atoms. The summed E-state index contributed by atoms with van der Waals surface area (Å²) in [5, 5.41) is 0.665. The Hall–Kier alpha value is -2.79. The van der Waals surface area contributed by atoms with Crippen LogP contribution in [0.4, 0.5) is 5.69 Å². The summed E-state index contributed by atoms with van der Waals surface area (Å²) in [4.78, 5) is 30.0. The second kappa shape index (κ2) is 4.61. The lowest BCUT2D eigenvalue weighted by Gasteiger charge is -2.14. The fraction of sp³-hybridized carbons (Fsp3) is 0. The minimum Gasteiger partial charge on any atom is -0.398 e. The number of nitrogens with two attached hydrogens (primary N) is 1. The van der Waals surface area contributed by atoms with Gasteiger partial charge in [0.05, 0.1) is 5.56 Å². The van der Waals surface area contributed by atoms with E-state index in [0.717, 1.165) is 5.56 Å². The number of ketones is 2. The number of nitrogen functional groups attached to an aromatic ring is 1. The quantitative estimate of drug-likeness (QED) is 0.548. The van der Waals surface area contributed by atoms with Crippen LogP contribution in [0.3, 0.4) is 0 Å². The summed E-state index contributed by atoms with van der Waals surface area (Å²) >= 11 is 1.24. The van der Waals surface area contributed by atoms with Gasteiger partial charge in [-0.25, -0.2) is 4.98 Å². The molecular weight excluding hydrogens is 296 g/mol. The molecule has 0 radical (unpaired) electrons. The normalized spacial score (nSPS) is 12.9. The molecular formula is C17H10N2O2S. The predicted octanol–water partition coefficient (Wildman–Crippen LogP) is 3.17. The Bertz CT molecular complexity index is 929. The second-order valence-corrected chi connectivity index (χ2v) is 5.99. The number of carbonyl (C=O) groups excluding carboxylic acids is 2. The smallest absolute Gasteiger partial charge is 0.213 e. The Morgan fingerprint density at radius 3 is 2.45 bits per heavy atom. The number of thiazole rings is 1. The van der Waals surface area contributed by atoms with Crippen LogP contribution in [0.5, 0.6) is 0 Å². The van der Waals surface area contributed by atoms with E-state index < -0.39 is 0 Å². The van der Waals surface area contributed by atoms with Crippen molar-refractivity contribution in [2.75, 3.05) is 5.73 Å². The van der Waals surface area contributed by atoms with E-state index in [2.05, 4.69) is 4.98 Å². The number of hydrogen-bond donors (Lipinski definition) is 1. The van der Waals surface area contributed by atoms with E-state index >= 15 is 0 Å². The van der Waals surface area contributed by atoms with Crippen LogP contribution in [-0.2, 0) is 0 Å². The van der Waals surface area contributed by atoms with Crippen LogP contribution < -0.4 is 5.73 Å². The molecule has 0 amide bonds. The van der Waals surface area contributed by atoms with Crippen molar-refractivity contribution in [1.29, 1.82) is 0 Å². The van der Waals surface area contributed by atoms with E-state index in [-0.39, 0.29) is 17.3 Å². The van der Waals surface area contributed by atoms with E-state index in [1.54, 1.807) is 18.2 Å². The van der Waals surface area contributed by atoms with E-state index in [4.69, 9.17) is 5.73 Å². The van der Waals surface area contributed by atoms with Gasteiger partial charge in [-0.2, -0.15) is 0 Å². The largest absolute Gasteiger partial charge is 0.398 e. The molecule has 3 aromatic rings. The summed E-state index contributed by atoms with van der Waals surface area (Å²) in [6.45, 7) is 0. The molecule has 2 N–H and O–H groups in total. The number of carbonyl (C=O) groups is 2. The first kappa shape index (κ1) is 12.9. The third-order valence-electron chi connectivity index (χ3n) is 3.64. The Morgan fingerprint density at radius 2 is 1.68 bits per heavy atom. The minimum atomic E-state index is -0.240. The maximum Gasteiger partial charge on any atom is 0.213 e. The molecule has 0 saturated heterocycles. The van der Waals surface area contributed by atoms with Crippen LogP contribution in [0.15, 0.2) is 48.5 Å². The number of hydrogen-bond acceptors (Lipinski definition) is 5. The maximum atomic E-state index is 12.7. The van der Waals surface area contributed by atoms with Crippen molar-refractivity contribution in [2.24, 2.45) is 0 Å². The van der Waals surface area contributed by atoms with E-state index in [9.17, 15) is 9.59 Å². The first-order valence-electron chi connectivity index (χ1n) is 6.71. The molecule has 106 valence electrons. The van der Waals surface area contributed by atoms with Crippen LogP contribution in [0.25, 0.3) is 10.6 Å². The molecule has 4 rings (SSSR count). The Labute approximate surface area is 130 Å². The van der Waals surface area contributed by atoms with Crippen LogP contribution in [0.2, 0.25) is 0 Å². The fourth-order valence-electron chi connectivity index (χ4n) is 2.59. The Balaban J connectivity index is 1.93. The van der Waals surface area contributed by atoms with Gasteiger partial charge < -0.3 is 5.73 Å². The number of aromatic nitrogens is 1. The first-order valence-corrected chi connectivity index (χ1v) is 7.52. The van der Waals surface area contributed by atoms with Crippen molar-refractivity contribution < 1.29 is 9.59 Å². The molecule has 22 heavy (non-hydrogen) atoms. The molecule has 1 aliphatic carbocycles. The molecule has 0 aliphatic heterocycles. The monoisotopic (exact) mass is 306 g/mol. The summed E-state index contributed by atoms with van der Waals surface area (Å²) < 4.78 is 0. The van der Waals surface area contributed by atoms with Gasteiger partial charge in [0.15, 0.2) is 0 Å². The number of fused-ring (bicyclic) bond motifs is 2. The maximum absolute atomic E-state index is 12.7. The van der Waals surface area contributed by atoms with Gasteiger partial charge in [-0.15, -0.1) is 11.3 Å². The second-order valence-electron chi connectivity index (χ2n) is 4.99. The van der Waals surface area contributed by atoms with Crippen LogP contribution in [0.1, 0.15) is 31.3 Å². The van der Waals surface area contributed by atoms with Gasteiger partial charge in [-0.1, -0.05) is 42.5 Å². The molecule has 1 aliphatic rings. The molecule has 4 nitrogen and oxygen atoms in total. The third kappa shape index (κ3) is 1.72. The van der Waals surface area contributed by atoms with Gasteiger partial charge in [0, 0.05) is 16.8 Å². The highest BCUT2D eigenvalue weighted by Gasteiger charge is 2.34. The number of benzene rings is 2. The molecule has 0 spiro atoms. The molecule has 1 aromatic heterocycles. The summed E-state index contributed by atoms with van der Waals surface area (Å²) in [5.74, 6) is -0.460. The lowest BCUT2D eigenvalue weighted by molar-refractivity contribution is 0.0980. The zero-order valence-electron chi connectivity index (χ0n) is 11.4. The summed E-state index contributed by atoms with van der Waals surface area (Å²) in [7, 11) is 0. The van der Waals surface area contributed by atoms with Gasteiger partial charge in [0.2, 0.25) is 11.6 Å². The van der Waals surface area contributed by atoms with Crippen molar-refractivity contribution >= 4 is 28.6 Å². The lowest BCUT2D eigenvalue weighted by atomic mass is 9.90. The van der Waals surface area contributed by atoms with Crippen molar-refractivity contribution in [2.45, 2.75) is 0 Å². The van der Waals surface area contributed by atoms with Gasteiger partial charge in [0.25, 0.3) is 0 Å². The average Bonchev–Trinajstić information content (AvgIpc) is 2.99. The van der Waals surface area contributed by atoms with Gasteiger partial charge in [-0.05, 0) is 6.07 Å². The predicted molar refractivity (Wildman–Crippen MR) is 85.3 cm³/mol. The average molecular weight is 306 g/mol. The highest BCUT2D eigenvalue weighted by molar-refractivity contribution is 7.17. The zero-order valence-corrected chi connectivity index (χ0v) is 12.2. The number of nitrogens with zero attached hydrogens (tertiary/aromatic N) is 1. The number of anilines is 1. The first-order chi connectivity index (χ1) is 10.7. The van der Waals surface area contributed by atoms with Crippen LogP contribution in [-0.4, -0.2) is 16.6 Å². The zero-order chi connectivity index (χ0) is 15.3. The highest BCUT2D eigenvalue weighted by atomic mass is 32.1. The van der Waals surface area contributed by atoms with Gasteiger partial charge in [-0.3, -0.25) is 9.59 Å². The minimum absolute atomic E-state index is 0.220. The van der Waals surface area contributed by atoms with Crippen molar-refractivity contribution in [3.8, 4) is 10.6 Å². The standard InChI is InChI=1S/C17H10N2O2S/c18-11-8-4-7-10-12(11)15(21)16-13(14(10)20)19-17(22-16)9-5-2-1-3-6-9/h1-8H,18H2. The van der Waals surface area contributed by atoms with Crippen LogP contribution >= 0.6 is 11.3 Å². The SMILES string of the molecule is Nc1cccc2c1C(=O)c1sc(-c3ccccc3)nc1C2=O. The summed E-state index contributed by atoms with van der Waals surface area (Å²) in [6, 6.07) is 14.4. The van der Waals surface area contributed by atoms with Crippen molar-refractivity contribution in [3.05, 3.63) is 70.2 Å². The number of rotatable bonds is 1. The molecule has 0 unspecified atom stereocenters. The Kier molecular flexibility index (Phi) is 2.71. The highest BCUT2D eigenvalue weighted by Crippen LogP contribution is 2.36. The topological polar surface area (TPSA) is 73.1 Å². The molecule has 5 heteroatoms. The van der Waals surface area contributed by atoms with Crippen LogP contribution in [0, 0.1) is 0 Å². The molecule has 2 aromatic carbocycles. The molecule has 1 heterocycles. The van der Waals surface area contributed by atoms with E-state index in [1.165, 1.54) is 11.3 Å². The van der Waals surface area contributed by atoms with Gasteiger partial charge >= 0.3 is 0 Å². The summed E-state index contributed by atoms with van der Waals surface area (Å²) in [6.07, 6.45) is 0. The van der Waals surface area contributed by atoms with Crippen molar-refractivity contribution in [3.63, 3.8) is 0 Å². The third-order valence-corrected chi connectivity index (χ3v) is 4.74. The summed E-state index contributed by atoms with van der Waals surface area (Å²) in [5.41, 5.74) is 7.96. The molecule has 0 fully saturated rings. The lowest BCUT2D eigenvalue weighted by Crippen LogP contribution is -2.21. The van der Waals surface area contributed by atoms with Gasteiger partial charge in [0.1, 0.15) is 15.6 Å². The van der Waals surface area contributed by atoms with E-state index in [0.29, 0.717) is 26.7 Å².